The first kappa shape index (κ1) is 22.4. The zero-order valence-corrected chi connectivity index (χ0v) is 19.0. The number of hydrogen-bond donors (Lipinski definition) is 2. The Labute approximate surface area is 188 Å². The number of benzene rings is 4. The minimum atomic E-state index is -3.62. The summed E-state index contributed by atoms with van der Waals surface area (Å²) in [5.74, 6) is 0. The molecule has 0 aliphatic heterocycles. The summed E-state index contributed by atoms with van der Waals surface area (Å²) in [5.41, 5.74) is 0. The zero-order chi connectivity index (χ0) is 22.6. The standard InChI is InChI=1S/C24H24N2O4S2/c27-31(28,23-13-11-19-7-1-3-9-21(19)17-23)25-15-5-6-16-26-32(29,30)24-14-12-20-8-2-4-10-22(20)18-24/h1-4,7-14,17-18,25-26H,5-6,15-16H2. The molecule has 0 fully saturated rings. The number of nitrogens with one attached hydrogen (secondary N) is 2. The van der Waals surface area contributed by atoms with Gasteiger partial charge in [-0.15, -0.1) is 0 Å². The van der Waals surface area contributed by atoms with E-state index in [4.69, 9.17) is 0 Å². The van der Waals surface area contributed by atoms with Gasteiger partial charge in [0.1, 0.15) is 0 Å². The molecule has 0 heterocycles. The van der Waals surface area contributed by atoms with Gasteiger partial charge in [-0.1, -0.05) is 60.7 Å². The van der Waals surface area contributed by atoms with E-state index in [0.717, 1.165) is 21.5 Å². The third-order valence-corrected chi connectivity index (χ3v) is 8.17. The summed E-state index contributed by atoms with van der Waals surface area (Å²) in [7, 11) is -7.24. The van der Waals surface area contributed by atoms with E-state index >= 15 is 0 Å². The second-order valence-electron chi connectivity index (χ2n) is 7.52. The van der Waals surface area contributed by atoms with Gasteiger partial charge in [0.15, 0.2) is 0 Å². The molecule has 166 valence electrons. The van der Waals surface area contributed by atoms with Gasteiger partial charge in [-0.2, -0.15) is 0 Å². The summed E-state index contributed by atoms with van der Waals surface area (Å²) in [4.78, 5) is 0.432. The Hall–Kier alpha value is -2.78. The monoisotopic (exact) mass is 468 g/mol. The SMILES string of the molecule is O=S(=O)(NCCCCNS(=O)(=O)c1ccc2ccccc2c1)c1ccc2ccccc2c1. The van der Waals surface area contributed by atoms with Crippen molar-refractivity contribution < 1.29 is 16.8 Å². The largest absolute Gasteiger partial charge is 0.240 e. The molecule has 0 bridgehead atoms. The Morgan fingerprint density at radius 2 is 0.875 bits per heavy atom. The molecule has 0 unspecified atom stereocenters. The number of rotatable bonds is 9. The third-order valence-electron chi connectivity index (χ3n) is 5.25. The molecule has 4 aromatic carbocycles. The predicted octanol–water partition coefficient (Wildman–Crippen LogP) is 4.03. The normalized spacial score (nSPS) is 12.4. The summed E-state index contributed by atoms with van der Waals surface area (Å²) in [6.07, 6.45) is 1.01. The van der Waals surface area contributed by atoms with Crippen molar-refractivity contribution in [3.63, 3.8) is 0 Å². The lowest BCUT2D eigenvalue weighted by molar-refractivity contribution is 0.567. The van der Waals surface area contributed by atoms with E-state index in [9.17, 15) is 16.8 Å². The summed E-state index contributed by atoms with van der Waals surface area (Å²) in [6.45, 7) is 0.458. The average Bonchev–Trinajstić information content (AvgIpc) is 2.80. The maximum Gasteiger partial charge on any atom is 0.240 e. The van der Waals surface area contributed by atoms with Gasteiger partial charge < -0.3 is 0 Å². The van der Waals surface area contributed by atoms with Crippen LogP contribution in [0.4, 0.5) is 0 Å². The Bertz CT molecular complexity index is 1350. The molecule has 4 rings (SSSR count). The maximum absolute atomic E-state index is 12.5. The van der Waals surface area contributed by atoms with Crippen LogP contribution in [0.1, 0.15) is 12.8 Å². The zero-order valence-electron chi connectivity index (χ0n) is 17.4. The molecule has 4 aromatic rings. The van der Waals surface area contributed by atoms with Crippen molar-refractivity contribution in [2.24, 2.45) is 0 Å². The van der Waals surface area contributed by atoms with E-state index in [2.05, 4.69) is 9.44 Å². The van der Waals surface area contributed by atoms with E-state index in [1.165, 1.54) is 0 Å². The fraction of sp³-hybridized carbons (Fsp3) is 0.167. The van der Waals surface area contributed by atoms with E-state index in [1.807, 2.05) is 48.5 Å². The van der Waals surface area contributed by atoms with Crippen molar-refractivity contribution >= 4 is 41.6 Å². The van der Waals surface area contributed by atoms with Crippen molar-refractivity contribution in [3.8, 4) is 0 Å². The molecule has 6 nitrogen and oxygen atoms in total. The predicted molar refractivity (Wildman–Crippen MR) is 128 cm³/mol. The van der Waals surface area contributed by atoms with E-state index in [-0.39, 0.29) is 22.9 Å². The minimum Gasteiger partial charge on any atom is -0.211 e. The van der Waals surface area contributed by atoms with Crippen LogP contribution in [-0.2, 0) is 20.0 Å². The van der Waals surface area contributed by atoms with E-state index < -0.39 is 20.0 Å². The highest BCUT2D eigenvalue weighted by Gasteiger charge is 2.15. The quantitative estimate of drug-likeness (QED) is 0.363. The van der Waals surface area contributed by atoms with Crippen LogP contribution in [0.25, 0.3) is 21.5 Å². The fourth-order valence-electron chi connectivity index (χ4n) is 3.50. The van der Waals surface area contributed by atoms with Gasteiger partial charge in [-0.25, -0.2) is 26.3 Å². The second kappa shape index (κ2) is 9.38. The molecular weight excluding hydrogens is 444 g/mol. The van der Waals surface area contributed by atoms with Crippen LogP contribution in [0.15, 0.2) is 94.7 Å². The Balaban J connectivity index is 1.28. The summed E-state index contributed by atoms with van der Waals surface area (Å²) < 4.78 is 55.3. The van der Waals surface area contributed by atoms with Crippen LogP contribution >= 0.6 is 0 Å². The van der Waals surface area contributed by atoms with Gasteiger partial charge in [0, 0.05) is 13.1 Å². The van der Waals surface area contributed by atoms with Crippen LogP contribution in [0.3, 0.4) is 0 Å². The highest BCUT2D eigenvalue weighted by atomic mass is 32.2. The average molecular weight is 469 g/mol. The van der Waals surface area contributed by atoms with Gasteiger partial charge in [0.25, 0.3) is 0 Å². The van der Waals surface area contributed by atoms with Gasteiger partial charge in [0.05, 0.1) is 9.79 Å². The number of hydrogen-bond acceptors (Lipinski definition) is 4. The molecule has 0 amide bonds. The van der Waals surface area contributed by atoms with Gasteiger partial charge >= 0.3 is 0 Å². The van der Waals surface area contributed by atoms with Gasteiger partial charge in [-0.3, -0.25) is 0 Å². The topological polar surface area (TPSA) is 92.3 Å². The minimum absolute atomic E-state index is 0.216. The van der Waals surface area contributed by atoms with Crippen LogP contribution in [0, 0.1) is 0 Å². The fourth-order valence-corrected chi connectivity index (χ4v) is 5.72. The lowest BCUT2D eigenvalue weighted by Gasteiger charge is -2.09. The first-order valence-corrected chi connectivity index (χ1v) is 13.3. The summed E-state index contributed by atoms with van der Waals surface area (Å²) in [5, 5.41) is 3.67. The molecule has 0 spiro atoms. The first-order chi connectivity index (χ1) is 15.4. The van der Waals surface area contributed by atoms with Crippen molar-refractivity contribution in [1.29, 1.82) is 0 Å². The van der Waals surface area contributed by atoms with Crippen molar-refractivity contribution in [2.75, 3.05) is 13.1 Å². The molecular formula is C24H24N2O4S2. The highest BCUT2D eigenvalue weighted by molar-refractivity contribution is 7.89. The Kier molecular flexibility index (Phi) is 6.57. The van der Waals surface area contributed by atoms with Gasteiger partial charge in [-0.05, 0) is 58.7 Å². The molecule has 0 aliphatic rings. The Morgan fingerprint density at radius 1 is 0.500 bits per heavy atom. The van der Waals surface area contributed by atoms with Crippen LogP contribution < -0.4 is 9.44 Å². The Morgan fingerprint density at radius 3 is 1.28 bits per heavy atom. The molecule has 0 saturated carbocycles. The van der Waals surface area contributed by atoms with Crippen LogP contribution in [0.2, 0.25) is 0 Å². The number of sulfonamides is 2. The van der Waals surface area contributed by atoms with Crippen LogP contribution in [-0.4, -0.2) is 29.9 Å². The summed E-state index contributed by atoms with van der Waals surface area (Å²) in [6, 6.07) is 25.2. The third kappa shape index (κ3) is 5.16. The maximum atomic E-state index is 12.5. The van der Waals surface area contributed by atoms with Crippen molar-refractivity contribution in [2.45, 2.75) is 22.6 Å². The van der Waals surface area contributed by atoms with Crippen LogP contribution in [0.5, 0.6) is 0 Å². The molecule has 0 aromatic heterocycles. The molecule has 0 aliphatic carbocycles. The lowest BCUT2D eigenvalue weighted by Crippen LogP contribution is -2.27. The summed E-state index contributed by atoms with van der Waals surface area (Å²) >= 11 is 0. The molecule has 8 heteroatoms. The van der Waals surface area contributed by atoms with E-state index in [0.29, 0.717) is 12.8 Å². The molecule has 0 saturated heterocycles. The van der Waals surface area contributed by atoms with Crippen molar-refractivity contribution in [1.82, 2.24) is 9.44 Å². The van der Waals surface area contributed by atoms with Gasteiger partial charge in [0.2, 0.25) is 20.0 Å². The molecule has 2 N–H and O–H groups in total. The first-order valence-electron chi connectivity index (χ1n) is 10.3. The second-order valence-corrected chi connectivity index (χ2v) is 11.1. The lowest BCUT2D eigenvalue weighted by atomic mass is 10.1. The molecule has 0 atom stereocenters. The van der Waals surface area contributed by atoms with Crippen molar-refractivity contribution in [3.05, 3.63) is 84.9 Å². The molecule has 0 radical (unpaired) electrons. The number of unbranched alkanes of at least 4 members (excludes halogenated alkanes) is 1. The molecule has 32 heavy (non-hydrogen) atoms. The number of fused-ring (bicyclic) bond motifs is 2. The highest BCUT2D eigenvalue weighted by Crippen LogP contribution is 2.20. The smallest absolute Gasteiger partial charge is 0.211 e. The van der Waals surface area contributed by atoms with E-state index in [1.54, 1.807) is 36.4 Å².